The lowest BCUT2D eigenvalue weighted by Crippen LogP contribution is -2.58. The van der Waals surface area contributed by atoms with E-state index in [2.05, 4.69) is 5.32 Å². The number of fused-ring (bicyclic) bond motifs is 1. The second-order valence-electron chi connectivity index (χ2n) is 9.72. The van der Waals surface area contributed by atoms with E-state index >= 15 is 0 Å². The van der Waals surface area contributed by atoms with Crippen molar-refractivity contribution in [3.8, 4) is 0 Å². The summed E-state index contributed by atoms with van der Waals surface area (Å²) in [6, 6.07) is 8.11. The molecule has 0 aliphatic carbocycles. The minimum Gasteiger partial charge on any atom is -0.466 e. The van der Waals surface area contributed by atoms with Crippen molar-refractivity contribution < 1.29 is 29.0 Å². The number of hydrogen-bond acceptors (Lipinski definition) is 6. The first-order chi connectivity index (χ1) is 15.8. The van der Waals surface area contributed by atoms with Gasteiger partial charge in [-0.1, -0.05) is 44.2 Å². The number of nitrogens with one attached hydrogen (secondary N) is 1. The molecule has 0 saturated carbocycles. The Labute approximate surface area is 194 Å². The second kappa shape index (κ2) is 9.43. The normalized spacial score (nSPS) is 31.1. The predicted octanol–water partition coefficient (Wildman–Crippen LogP) is 1.65. The molecule has 2 N–H and O–H groups in total. The molecule has 6 atom stereocenters. The highest BCUT2D eigenvalue weighted by atomic mass is 16.6. The molecule has 3 aliphatic heterocycles. The largest absolute Gasteiger partial charge is 0.466 e. The zero-order valence-electron chi connectivity index (χ0n) is 19.5. The quantitative estimate of drug-likeness (QED) is 0.545. The zero-order valence-corrected chi connectivity index (χ0v) is 19.5. The van der Waals surface area contributed by atoms with Gasteiger partial charge in [-0.2, -0.15) is 0 Å². The van der Waals surface area contributed by atoms with Crippen molar-refractivity contribution in [1.82, 2.24) is 10.2 Å². The smallest absolute Gasteiger partial charge is 0.312 e. The van der Waals surface area contributed by atoms with Crippen LogP contribution in [0, 0.1) is 17.8 Å². The first-order valence-electron chi connectivity index (χ1n) is 11.9. The van der Waals surface area contributed by atoms with E-state index in [1.165, 1.54) is 4.90 Å². The Bertz CT molecular complexity index is 890. The van der Waals surface area contributed by atoms with E-state index < -0.39 is 41.6 Å². The van der Waals surface area contributed by atoms with Crippen LogP contribution < -0.4 is 5.32 Å². The molecule has 3 aliphatic rings. The average Bonchev–Trinajstić information content (AvgIpc) is 3.44. The molecule has 8 heteroatoms. The van der Waals surface area contributed by atoms with Gasteiger partial charge in [-0.3, -0.25) is 14.4 Å². The van der Waals surface area contributed by atoms with Crippen molar-refractivity contribution in [3.63, 3.8) is 0 Å². The molecule has 0 radical (unpaired) electrons. The van der Waals surface area contributed by atoms with Gasteiger partial charge in [-0.15, -0.1) is 0 Å². The van der Waals surface area contributed by atoms with E-state index in [-0.39, 0.29) is 30.9 Å². The topological polar surface area (TPSA) is 105 Å². The number of aliphatic hydroxyl groups excluding tert-OH is 1. The maximum Gasteiger partial charge on any atom is 0.312 e. The number of nitrogens with zero attached hydrogens (tertiary/aromatic N) is 1. The number of carbonyl (C=O) groups excluding carboxylic acids is 3. The van der Waals surface area contributed by atoms with Crippen LogP contribution in [-0.2, 0) is 30.4 Å². The van der Waals surface area contributed by atoms with Crippen molar-refractivity contribution in [2.75, 3.05) is 13.2 Å². The Morgan fingerprint density at radius 3 is 2.67 bits per heavy atom. The van der Waals surface area contributed by atoms with Gasteiger partial charge in [0.1, 0.15) is 11.6 Å². The molecule has 0 aromatic heterocycles. The van der Waals surface area contributed by atoms with Gasteiger partial charge in [0.05, 0.1) is 37.2 Å². The van der Waals surface area contributed by atoms with Crippen molar-refractivity contribution >= 4 is 17.8 Å². The Morgan fingerprint density at radius 2 is 2.03 bits per heavy atom. The summed E-state index contributed by atoms with van der Waals surface area (Å²) in [7, 11) is 0. The molecule has 1 aromatic rings. The lowest BCUT2D eigenvalue weighted by atomic mass is 9.71. The monoisotopic (exact) mass is 458 g/mol. The standard InChI is InChI=1S/C25H34N2O6/c1-4-32-24(31)19-18-10-11-25(33-18)20(19)23(30)27(17(14-28)12-15(2)3)21(25)22(29)26-13-16-8-6-5-7-9-16/h5-9,15,17-21,28H,4,10-14H2,1-3H3,(H,26,29)/t17-,18-,19+,20+,21?,25?/m1/s1. The summed E-state index contributed by atoms with van der Waals surface area (Å²) in [5.74, 6) is -2.35. The first-order valence-corrected chi connectivity index (χ1v) is 11.9. The zero-order chi connectivity index (χ0) is 23.8. The van der Waals surface area contributed by atoms with Crippen LogP contribution in [0.1, 0.15) is 45.6 Å². The third kappa shape index (κ3) is 4.04. The predicted molar refractivity (Wildman–Crippen MR) is 120 cm³/mol. The number of amides is 2. The van der Waals surface area contributed by atoms with Crippen LogP contribution in [0.5, 0.6) is 0 Å². The molecule has 1 aromatic carbocycles. The molecule has 2 bridgehead atoms. The summed E-state index contributed by atoms with van der Waals surface area (Å²) in [5.41, 5.74) is -0.137. The highest BCUT2D eigenvalue weighted by molar-refractivity contribution is 5.98. The Balaban J connectivity index is 1.68. The van der Waals surface area contributed by atoms with Gasteiger partial charge in [0.2, 0.25) is 11.8 Å². The van der Waals surface area contributed by atoms with Gasteiger partial charge in [0, 0.05) is 6.54 Å². The van der Waals surface area contributed by atoms with Gasteiger partial charge in [0.15, 0.2) is 0 Å². The van der Waals surface area contributed by atoms with Gasteiger partial charge >= 0.3 is 5.97 Å². The molecule has 8 nitrogen and oxygen atoms in total. The van der Waals surface area contributed by atoms with Crippen LogP contribution in [0.25, 0.3) is 0 Å². The van der Waals surface area contributed by atoms with E-state index in [0.29, 0.717) is 25.8 Å². The lowest BCUT2D eigenvalue weighted by molar-refractivity contribution is -0.155. The third-order valence-electron chi connectivity index (χ3n) is 7.20. The summed E-state index contributed by atoms with van der Waals surface area (Å²) < 4.78 is 11.6. The van der Waals surface area contributed by atoms with Crippen molar-refractivity contribution in [3.05, 3.63) is 35.9 Å². The first kappa shape index (κ1) is 23.7. The number of rotatable bonds is 9. The maximum atomic E-state index is 13.8. The maximum absolute atomic E-state index is 13.8. The van der Waals surface area contributed by atoms with E-state index in [4.69, 9.17) is 9.47 Å². The number of esters is 1. The molecule has 3 heterocycles. The fraction of sp³-hybridized carbons (Fsp3) is 0.640. The molecular weight excluding hydrogens is 424 g/mol. The number of aliphatic hydroxyl groups is 1. The van der Waals surface area contributed by atoms with Gasteiger partial charge in [-0.25, -0.2) is 0 Å². The average molecular weight is 459 g/mol. The van der Waals surface area contributed by atoms with Crippen LogP contribution in [0.2, 0.25) is 0 Å². The number of benzene rings is 1. The molecule has 2 amide bonds. The van der Waals surface area contributed by atoms with Crippen molar-refractivity contribution in [1.29, 1.82) is 0 Å². The molecule has 1 spiro atoms. The molecule has 4 rings (SSSR count). The summed E-state index contributed by atoms with van der Waals surface area (Å²) in [6.45, 7) is 6.02. The minimum absolute atomic E-state index is 0.207. The second-order valence-corrected chi connectivity index (χ2v) is 9.72. The summed E-state index contributed by atoms with van der Waals surface area (Å²) in [6.07, 6.45) is 1.23. The number of hydrogen-bond donors (Lipinski definition) is 2. The summed E-state index contributed by atoms with van der Waals surface area (Å²) in [4.78, 5) is 41.8. The van der Waals surface area contributed by atoms with Crippen LogP contribution in [0.3, 0.4) is 0 Å². The van der Waals surface area contributed by atoms with Crippen molar-refractivity contribution in [2.45, 2.75) is 70.4 Å². The van der Waals surface area contributed by atoms with Crippen LogP contribution in [0.15, 0.2) is 30.3 Å². The van der Waals surface area contributed by atoms with Gasteiger partial charge < -0.3 is 24.8 Å². The Hall–Kier alpha value is -2.45. The molecule has 2 unspecified atom stereocenters. The molecule has 3 saturated heterocycles. The van der Waals surface area contributed by atoms with Crippen LogP contribution in [0.4, 0.5) is 0 Å². The van der Waals surface area contributed by atoms with E-state index in [0.717, 1.165) is 5.56 Å². The highest BCUT2D eigenvalue weighted by Gasteiger charge is 2.75. The van der Waals surface area contributed by atoms with Crippen LogP contribution in [-0.4, -0.2) is 64.8 Å². The lowest BCUT2D eigenvalue weighted by Gasteiger charge is -2.37. The molecular formula is C25H34N2O6. The molecule has 33 heavy (non-hydrogen) atoms. The summed E-state index contributed by atoms with van der Waals surface area (Å²) in [5, 5.41) is 13.2. The number of likely N-dealkylation sites (tertiary alicyclic amines) is 1. The van der Waals surface area contributed by atoms with Gasteiger partial charge in [-0.05, 0) is 37.7 Å². The Kier molecular flexibility index (Phi) is 6.77. The van der Waals surface area contributed by atoms with Crippen LogP contribution >= 0.6 is 0 Å². The van der Waals surface area contributed by atoms with Gasteiger partial charge in [0.25, 0.3) is 0 Å². The molecule has 3 fully saturated rings. The number of carbonyl (C=O) groups is 3. The SMILES string of the molecule is CCOC(=O)[C@@H]1[C@H]2C(=O)N([C@@H](CO)CC(C)C)C(C(=O)NCc3ccccc3)C23CC[C@H]1O3. The Morgan fingerprint density at radius 1 is 1.30 bits per heavy atom. The molecule has 180 valence electrons. The van der Waals surface area contributed by atoms with E-state index in [9.17, 15) is 19.5 Å². The van der Waals surface area contributed by atoms with E-state index in [1.54, 1.807) is 6.92 Å². The fourth-order valence-electron chi connectivity index (χ4n) is 5.99. The minimum atomic E-state index is -1.08. The highest BCUT2D eigenvalue weighted by Crippen LogP contribution is 2.59. The van der Waals surface area contributed by atoms with E-state index in [1.807, 2.05) is 44.2 Å². The summed E-state index contributed by atoms with van der Waals surface area (Å²) >= 11 is 0. The fourth-order valence-corrected chi connectivity index (χ4v) is 5.99. The van der Waals surface area contributed by atoms with Crippen molar-refractivity contribution in [2.24, 2.45) is 17.8 Å². The third-order valence-corrected chi connectivity index (χ3v) is 7.20. The number of ether oxygens (including phenoxy) is 2.